The van der Waals surface area contributed by atoms with Gasteiger partial charge in [-0.3, -0.25) is 27.8 Å². The van der Waals surface area contributed by atoms with Crippen LogP contribution in [-0.4, -0.2) is 90.8 Å². The summed E-state index contributed by atoms with van der Waals surface area (Å²) >= 11 is 6.29. The predicted molar refractivity (Wildman–Crippen MR) is 483 cm³/mol. The molecule has 22 rings (SSSR count). The Morgan fingerprint density at radius 2 is 0.702 bits per heavy atom. The number of furan rings is 1. The summed E-state index contributed by atoms with van der Waals surface area (Å²) in [6.45, 7) is 14.0. The van der Waals surface area contributed by atoms with Crippen molar-refractivity contribution in [2.24, 2.45) is 0 Å². The molecule has 18 nitrogen and oxygen atoms in total. The molecule has 0 atom stereocenters. The Hall–Kier alpha value is -15.3. The number of nitriles is 1. The molecule has 2 aliphatic rings. The lowest BCUT2D eigenvalue weighted by Crippen LogP contribution is -2.36. The quantitative estimate of drug-likeness (QED) is 0.119. The SMILES string of the molecule is Cc1ccc(-n2cnc3ccc(-c4ccc(C)c(Cl)c4)cc32)cc1.Cc1ccc(-n2cnc3ccc(-c4ccc(N5CCOCC5)nc4)cc32)cc1.Cc1ccc(-n2cnc3ccc(-c4ccc5c(c4)OCO5)cc32)cc1.Cc1ccc(-n2cnc3ccc(-c4ccoc4)cc32)cc1.N#Cc1ccc(-n2cnc3ccc(-c4ccncc4)cc32)cc1. The highest BCUT2D eigenvalue weighted by molar-refractivity contribution is 6.31. The van der Waals surface area contributed by atoms with Gasteiger partial charge in [0.05, 0.1) is 92.5 Å². The highest BCUT2D eigenvalue weighted by atomic mass is 35.5. The van der Waals surface area contributed by atoms with E-state index in [2.05, 4.69) is 298 Å². The largest absolute Gasteiger partial charge is 0.472 e. The number of pyridine rings is 2. The van der Waals surface area contributed by atoms with Gasteiger partial charge in [-0.25, -0.2) is 29.9 Å². The maximum absolute atomic E-state index is 8.92. The minimum absolute atomic E-state index is 0.290. The third-order valence-corrected chi connectivity index (χ3v) is 22.2. The molecule has 0 bridgehead atoms. The van der Waals surface area contributed by atoms with E-state index in [9.17, 15) is 0 Å². The van der Waals surface area contributed by atoms with Gasteiger partial charge in [0.25, 0.3) is 0 Å². The molecule has 1 saturated heterocycles. The lowest BCUT2D eigenvalue weighted by molar-refractivity contribution is 0.122. The van der Waals surface area contributed by atoms with Gasteiger partial charge < -0.3 is 23.5 Å². The van der Waals surface area contributed by atoms with Crippen LogP contribution >= 0.6 is 11.6 Å². The summed E-state index contributed by atoms with van der Waals surface area (Å²) in [5.74, 6) is 2.61. The summed E-state index contributed by atoms with van der Waals surface area (Å²) in [5, 5.41) is 9.71. The minimum Gasteiger partial charge on any atom is -0.472 e. The lowest BCUT2D eigenvalue weighted by atomic mass is 10.0. The van der Waals surface area contributed by atoms with Crippen molar-refractivity contribution in [3.63, 3.8) is 0 Å². The van der Waals surface area contributed by atoms with Crippen LogP contribution in [0, 0.1) is 45.9 Å². The van der Waals surface area contributed by atoms with Crippen LogP contribution in [0.5, 0.6) is 11.5 Å². The number of hydrogen-bond donors (Lipinski definition) is 0. The summed E-state index contributed by atoms with van der Waals surface area (Å²) in [4.78, 5) is 33.6. The van der Waals surface area contributed by atoms with Crippen molar-refractivity contribution in [2.45, 2.75) is 34.6 Å². The molecule has 19 heteroatoms. The highest BCUT2D eigenvalue weighted by Crippen LogP contribution is 2.38. The second kappa shape index (κ2) is 34.5. The van der Waals surface area contributed by atoms with E-state index in [4.69, 9.17) is 35.5 Å². The first-order valence-corrected chi connectivity index (χ1v) is 40.2. The Balaban J connectivity index is 0.000000104. The van der Waals surface area contributed by atoms with Crippen molar-refractivity contribution in [1.82, 2.24) is 57.7 Å². The fraction of sp³-hybridized carbons (Fsp3) is 0.0980. The first-order chi connectivity index (χ1) is 59.3. The number of halogens is 1. The Labute approximate surface area is 704 Å². The van der Waals surface area contributed by atoms with Crippen LogP contribution in [0.15, 0.2) is 346 Å². The second-order valence-corrected chi connectivity index (χ2v) is 30.3. The molecular weight excluding hydrogens is 1520 g/mol. The zero-order valence-corrected chi connectivity index (χ0v) is 67.9. The Kier molecular flexibility index (Phi) is 21.9. The van der Waals surface area contributed by atoms with Gasteiger partial charge in [-0.2, -0.15) is 5.26 Å². The van der Waals surface area contributed by atoms with E-state index in [1.165, 1.54) is 22.3 Å². The Bertz CT molecular complexity index is 7090. The third-order valence-electron chi connectivity index (χ3n) is 21.8. The van der Waals surface area contributed by atoms with Gasteiger partial charge >= 0.3 is 0 Å². The van der Waals surface area contributed by atoms with Crippen molar-refractivity contribution >= 4 is 72.6 Å². The molecule has 20 aromatic rings. The van der Waals surface area contributed by atoms with Gasteiger partial charge in [-0.1, -0.05) is 131 Å². The lowest BCUT2D eigenvalue weighted by Gasteiger charge is -2.27. The first kappa shape index (κ1) is 77.0. The summed E-state index contributed by atoms with van der Waals surface area (Å²) in [6.07, 6.45) is 18.3. The average Bonchev–Trinajstić information content (AvgIpc) is 1.69. The summed E-state index contributed by atoms with van der Waals surface area (Å²) in [6, 6.07) is 97.4. The second-order valence-electron chi connectivity index (χ2n) is 29.9. The van der Waals surface area contributed by atoms with E-state index in [-0.39, 0.29) is 6.79 Å². The van der Waals surface area contributed by atoms with Crippen LogP contribution in [0.25, 0.3) is 139 Å². The molecule has 0 amide bonds. The van der Waals surface area contributed by atoms with Gasteiger partial charge in [0.1, 0.15) is 37.5 Å². The smallest absolute Gasteiger partial charge is 0.231 e. The maximum atomic E-state index is 8.92. The topological polar surface area (TPSA) is 183 Å². The molecular formula is C102H81ClN14O4. The molecule has 0 radical (unpaired) electrons. The van der Waals surface area contributed by atoms with Crippen LogP contribution in [0.4, 0.5) is 5.82 Å². The summed E-state index contributed by atoms with van der Waals surface area (Å²) in [5.41, 5.74) is 33.6. The van der Waals surface area contributed by atoms with Crippen LogP contribution < -0.4 is 14.4 Å². The van der Waals surface area contributed by atoms with Crippen molar-refractivity contribution in [3.8, 4) is 102 Å². The molecule has 8 aromatic heterocycles. The van der Waals surface area contributed by atoms with Crippen molar-refractivity contribution in [1.29, 1.82) is 5.26 Å². The van der Waals surface area contributed by atoms with E-state index in [1.54, 1.807) is 24.9 Å². The van der Waals surface area contributed by atoms with E-state index in [1.807, 2.05) is 122 Å². The average molecular weight is 1600 g/mol. The first-order valence-electron chi connectivity index (χ1n) is 39.9. The molecule has 1 fully saturated rings. The number of imidazole rings is 5. The Morgan fingerprint density at radius 3 is 1.10 bits per heavy atom. The fourth-order valence-electron chi connectivity index (χ4n) is 14.8. The number of rotatable bonds is 11. The molecule has 0 saturated carbocycles. The molecule has 10 heterocycles. The predicted octanol–water partition coefficient (Wildman–Crippen LogP) is 23.5. The summed E-state index contributed by atoms with van der Waals surface area (Å²) < 4.78 is 32.0. The fourth-order valence-corrected chi connectivity index (χ4v) is 15.0. The van der Waals surface area contributed by atoms with E-state index < -0.39 is 0 Å². The molecule has 121 heavy (non-hydrogen) atoms. The molecule has 0 spiro atoms. The zero-order valence-electron chi connectivity index (χ0n) is 67.1. The number of hydrogen-bond acceptors (Lipinski definition) is 13. The molecule has 12 aromatic carbocycles. The number of fused-ring (bicyclic) bond motifs is 6. The van der Waals surface area contributed by atoms with E-state index >= 15 is 0 Å². The van der Waals surface area contributed by atoms with Gasteiger partial charge in [0.2, 0.25) is 6.79 Å². The van der Waals surface area contributed by atoms with Crippen LogP contribution in [0.2, 0.25) is 5.02 Å². The van der Waals surface area contributed by atoms with Crippen LogP contribution in [-0.2, 0) is 4.74 Å². The number of benzene rings is 12. The van der Waals surface area contributed by atoms with Gasteiger partial charge in [-0.15, -0.1) is 0 Å². The van der Waals surface area contributed by atoms with Crippen molar-refractivity contribution in [3.05, 3.63) is 380 Å². The highest BCUT2D eigenvalue weighted by Gasteiger charge is 2.19. The van der Waals surface area contributed by atoms with E-state index in [0.29, 0.717) is 5.56 Å². The van der Waals surface area contributed by atoms with Gasteiger partial charge in [-0.05, 0) is 267 Å². The molecule has 0 aliphatic carbocycles. The van der Waals surface area contributed by atoms with Crippen LogP contribution in [0.1, 0.15) is 33.4 Å². The zero-order chi connectivity index (χ0) is 82.3. The molecule has 2 aliphatic heterocycles. The normalized spacial score (nSPS) is 12.1. The van der Waals surface area contributed by atoms with Gasteiger partial charge in [0.15, 0.2) is 11.5 Å². The van der Waals surface area contributed by atoms with Crippen LogP contribution in [0.3, 0.4) is 0 Å². The minimum atomic E-state index is 0.290. The number of aromatic nitrogens is 12. The van der Waals surface area contributed by atoms with Crippen molar-refractivity contribution in [2.75, 3.05) is 38.0 Å². The van der Waals surface area contributed by atoms with E-state index in [0.717, 1.165) is 193 Å². The summed E-state index contributed by atoms with van der Waals surface area (Å²) in [7, 11) is 0. The number of morpholine rings is 1. The molecule has 590 valence electrons. The standard InChI is InChI=1S/C23H22N4O.C21H17ClN2.C21H16N2O2.C19H12N4.C18H14N2O/c1-17-2-6-20(7-3-17)27-16-25-21-8-4-18(14-22(21)27)19-5-9-23(24-15-19)26-10-12-28-13-11-26;1-14-3-8-18(9-4-14)24-13-23-20-10-7-17(12-21(20)24)16-6-5-15(2)19(22)11-16;1-14-2-6-17(7-3-14)23-12-22-18-8-4-15(10-19(18)23)16-5-9-20-21(11-16)25-13-24-20;20-12-14-1-4-17(5-2-14)23-13-22-18-6-3-16(11-19(18)23)15-7-9-21-10-8-15;1-13-2-5-16(6-3-13)20-12-19-17-7-4-14(10-18(17)20)15-8-9-21-11-15/h2-9,14-16H,10-13H2,1H3;3-13H,1-2H3;2-12H,13H2,1H3;1-11,13H;2-12H,1H3. The maximum Gasteiger partial charge on any atom is 0.231 e. The van der Waals surface area contributed by atoms with Gasteiger partial charge in [0, 0.05) is 76.3 Å². The number of aryl methyl sites for hydroxylation is 5. The molecule has 0 unspecified atom stereocenters. The number of anilines is 1. The van der Waals surface area contributed by atoms with Crippen molar-refractivity contribution < 1.29 is 18.6 Å². The number of nitrogens with zero attached hydrogens (tertiary/aromatic N) is 14. The number of ether oxygens (including phenoxy) is 3. The Morgan fingerprint density at radius 1 is 0.339 bits per heavy atom. The molecule has 0 N–H and O–H groups in total. The monoisotopic (exact) mass is 1600 g/mol. The third kappa shape index (κ3) is 16.9.